The third kappa shape index (κ3) is 7.07. The first kappa shape index (κ1) is 21.3. The fourth-order valence-corrected chi connectivity index (χ4v) is 3.00. The first-order valence-corrected chi connectivity index (χ1v) is 8.64. The third-order valence-corrected chi connectivity index (χ3v) is 4.93. The Labute approximate surface area is 141 Å². The normalized spacial score (nSPS) is 15.5. The Hall–Kier alpha value is -0.655. The third-order valence-electron chi connectivity index (χ3n) is 4.93. The predicted octanol–water partition coefficient (Wildman–Crippen LogP) is 6.45. The molecule has 1 atom stereocenters. The van der Waals surface area contributed by atoms with Crippen molar-refractivity contribution in [3.8, 4) is 0 Å². The standard InChI is InChI=1S/C20H37BO/c1-11-19(7,8)13-20(9,10)15(4)12-16(5)22-18(14(2)3)17(6)21/h14-15H,5,11-13H2,1-4,6-10H3/b18-17+. The van der Waals surface area contributed by atoms with Gasteiger partial charge in [-0.3, -0.25) is 0 Å². The maximum absolute atomic E-state index is 5.96. The molecule has 0 aliphatic carbocycles. The zero-order valence-electron chi connectivity index (χ0n) is 16.5. The summed E-state index contributed by atoms with van der Waals surface area (Å²) in [6, 6.07) is 0. The number of hydrogen-bond acceptors (Lipinski definition) is 1. The minimum Gasteiger partial charge on any atom is -0.467 e. The van der Waals surface area contributed by atoms with Crippen molar-refractivity contribution >= 4 is 7.85 Å². The van der Waals surface area contributed by atoms with Gasteiger partial charge >= 0.3 is 0 Å². The molecule has 0 rings (SSSR count). The highest BCUT2D eigenvalue weighted by Gasteiger charge is 2.32. The zero-order valence-corrected chi connectivity index (χ0v) is 16.5. The molecule has 0 fully saturated rings. The maximum Gasteiger partial charge on any atom is 0.112 e. The largest absolute Gasteiger partial charge is 0.467 e. The molecule has 0 aromatic rings. The lowest BCUT2D eigenvalue weighted by Crippen LogP contribution is -2.29. The predicted molar refractivity (Wildman–Crippen MR) is 99.8 cm³/mol. The van der Waals surface area contributed by atoms with Gasteiger partial charge in [0, 0.05) is 12.3 Å². The van der Waals surface area contributed by atoms with Crippen molar-refractivity contribution in [3.05, 3.63) is 23.6 Å². The fraction of sp³-hybridized carbons (Fsp3) is 0.800. The van der Waals surface area contributed by atoms with Crippen molar-refractivity contribution in [1.82, 2.24) is 0 Å². The minimum atomic E-state index is 0.255. The first-order chi connectivity index (χ1) is 9.82. The van der Waals surface area contributed by atoms with Crippen molar-refractivity contribution in [3.63, 3.8) is 0 Å². The molecular weight excluding hydrogens is 267 g/mol. The van der Waals surface area contributed by atoms with E-state index in [0.717, 1.165) is 23.4 Å². The molecule has 0 spiro atoms. The van der Waals surface area contributed by atoms with E-state index in [4.69, 9.17) is 12.6 Å². The second kappa shape index (κ2) is 8.27. The Balaban J connectivity index is 4.81. The number of ether oxygens (including phenoxy) is 1. The minimum absolute atomic E-state index is 0.255. The molecule has 0 saturated carbocycles. The van der Waals surface area contributed by atoms with Crippen LogP contribution >= 0.6 is 0 Å². The summed E-state index contributed by atoms with van der Waals surface area (Å²) in [6.07, 6.45) is 3.28. The van der Waals surface area contributed by atoms with E-state index in [1.807, 2.05) is 6.92 Å². The van der Waals surface area contributed by atoms with Gasteiger partial charge in [-0.25, -0.2) is 0 Å². The van der Waals surface area contributed by atoms with Crippen LogP contribution in [-0.2, 0) is 4.74 Å². The van der Waals surface area contributed by atoms with Gasteiger partial charge in [0.05, 0.1) is 11.5 Å². The molecule has 1 unspecified atom stereocenters. The van der Waals surface area contributed by atoms with Crippen LogP contribution in [0.4, 0.5) is 0 Å². The number of rotatable bonds is 9. The van der Waals surface area contributed by atoms with Gasteiger partial charge in [-0.1, -0.05) is 80.8 Å². The second-order valence-electron chi connectivity index (χ2n) is 8.63. The first-order valence-electron chi connectivity index (χ1n) is 8.64. The average Bonchev–Trinajstić information content (AvgIpc) is 2.33. The van der Waals surface area contributed by atoms with Crippen molar-refractivity contribution in [1.29, 1.82) is 0 Å². The summed E-state index contributed by atoms with van der Waals surface area (Å²) in [6.45, 7) is 24.2. The maximum atomic E-state index is 5.96. The van der Waals surface area contributed by atoms with Crippen LogP contribution in [0, 0.1) is 22.7 Å². The zero-order chi connectivity index (χ0) is 17.7. The van der Waals surface area contributed by atoms with Crippen LogP contribution in [0.5, 0.6) is 0 Å². The van der Waals surface area contributed by atoms with Crippen LogP contribution in [0.1, 0.15) is 81.6 Å². The van der Waals surface area contributed by atoms with Gasteiger partial charge in [0.2, 0.25) is 0 Å². The Kier molecular flexibility index (Phi) is 8.02. The second-order valence-corrected chi connectivity index (χ2v) is 8.63. The van der Waals surface area contributed by atoms with E-state index in [1.54, 1.807) is 0 Å². The molecule has 0 aliphatic rings. The molecule has 0 aliphatic heterocycles. The van der Waals surface area contributed by atoms with E-state index in [-0.39, 0.29) is 11.3 Å². The summed E-state index contributed by atoms with van der Waals surface area (Å²) >= 11 is 0. The van der Waals surface area contributed by atoms with Crippen LogP contribution in [0.25, 0.3) is 0 Å². The molecular formula is C20H37BO. The van der Waals surface area contributed by atoms with E-state index >= 15 is 0 Å². The molecule has 0 aromatic carbocycles. The van der Waals surface area contributed by atoms with Crippen LogP contribution in [0.2, 0.25) is 0 Å². The molecule has 0 amide bonds. The molecule has 126 valence electrons. The summed E-state index contributed by atoms with van der Waals surface area (Å²) in [5.41, 5.74) is 1.37. The van der Waals surface area contributed by atoms with E-state index in [1.165, 1.54) is 12.8 Å². The van der Waals surface area contributed by atoms with E-state index < -0.39 is 0 Å². The lowest BCUT2D eigenvalue weighted by Gasteiger charge is -2.39. The van der Waals surface area contributed by atoms with Crippen molar-refractivity contribution < 1.29 is 4.74 Å². The highest BCUT2D eigenvalue weighted by Crippen LogP contribution is 2.43. The Morgan fingerprint density at radius 3 is 2.00 bits per heavy atom. The van der Waals surface area contributed by atoms with Gasteiger partial charge in [-0.05, 0) is 23.2 Å². The highest BCUT2D eigenvalue weighted by molar-refractivity contribution is 6.21. The Morgan fingerprint density at radius 2 is 1.64 bits per heavy atom. The SMILES string of the molecule is [B]/C(C)=C(/OC(=C)CC(C)C(C)(C)CC(C)(C)CC)C(C)C. The topological polar surface area (TPSA) is 9.23 Å². The van der Waals surface area contributed by atoms with Gasteiger partial charge in [-0.15, -0.1) is 0 Å². The van der Waals surface area contributed by atoms with Gasteiger partial charge in [0.1, 0.15) is 7.85 Å². The smallest absolute Gasteiger partial charge is 0.112 e. The monoisotopic (exact) mass is 304 g/mol. The van der Waals surface area contributed by atoms with Crippen LogP contribution in [-0.4, -0.2) is 7.85 Å². The fourth-order valence-electron chi connectivity index (χ4n) is 3.00. The summed E-state index contributed by atoms with van der Waals surface area (Å²) in [5, 5.41) is 0. The summed E-state index contributed by atoms with van der Waals surface area (Å²) in [5.74, 6) is 2.47. The molecule has 1 nitrogen and oxygen atoms in total. The molecule has 0 saturated heterocycles. The Morgan fingerprint density at radius 1 is 1.14 bits per heavy atom. The lowest BCUT2D eigenvalue weighted by molar-refractivity contribution is 0.113. The molecule has 0 bridgehead atoms. The summed E-state index contributed by atoms with van der Waals surface area (Å²) in [4.78, 5) is 0. The molecule has 2 heteroatoms. The van der Waals surface area contributed by atoms with E-state index in [0.29, 0.717) is 11.3 Å². The summed E-state index contributed by atoms with van der Waals surface area (Å²) < 4.78 is 5.96. The van der Waals surface area contributed by atoms with Gasteiger partial charge in [0.15, 0.2) is 0 Å². The highest BCUT2D eigenvalue weighted by atomic mass is 16.5. The quantitative estimate of drug-likeness (QED) is 0.351. The lowest BCUT2D eigenvalue weighted by atomic mass is 9.67. The molecule has 0 N–H and O–H groups in total. The molecule has 0 heterocycles. The van der Waals surface area contributed by atoms with Crippen LogP contribution in [0.3, 0.4) is 0 Å². The molecule has 2 radical (unpaired) electrons. The van der Waals surface area contributed by atoms with Gasteiger partial charge in [0.25, 0.3) is 0 Å². The Bertz CT molecular complexity index is 398. The van der Waals surface area contributed by atoms with Crippen molar-refractivity contribution in [2.75, 3.05) is 0 Å². The van der Waals surface area contributed by atoms with Crippen LogP contribution < -0.4 is 0 Å². The molecule has 22 heavy (non-hydrogen) atoms. The summed E-state index contributed by atoms with van der Waals surface area (Å²) in [7, 11) is 5.92. The van der Waals surface area contributed by atoms with Gasteiger partial charge in [-0.2, -0.15) is 0 Å². The molecule has 0 aromatic heterocycles. The van der Waals surface area contributed by atoms with Gasteiger partial charge < -0.3 is 4.74 Å². The van der Waals surface area contributed by atoms with Crippen molar-refractivity contribution in [2.45, 2.75) is 81.6 Å². The van der Waals surface area contributed by atoms with E-state index in [2.05, 4.69) is 62.0 Å². The number of hydrogen-bond donors (Lipinski definition) is 0. The van der Waals surface area contributed by atoms with E-state index in [9.17, 15) is 0 Å². The number of allylic oxidation sites excluding steroid dienone is 3. The van der Waals surface area contributed by atoms with Crippen molar-refractivity contribution in [2.24, 2.45) is 22.7 Å². The van der Waals surface area contributed by atoms with Crippen LogP contribution in [0.15, 0.2) is 23.6 Å². The average molecular weight is 304 g/mol.